The van der Waals surface area contributed by atoms with Gasteiger partial charge in [-0.3, -0.25) is 14.4 Å². The summed E-state index contributed by atoms with van der Waals surface area (Å²) in [5.74, 6) is -0.582. The Labute approximate surface area is 198 Å². The number of nitrogens with one attached hydrogen (secondary N) is 1. The van der Waals surface area contributed by atoms with Crippen LogP contribution in [0.15, 0.2) is 66.7 Å². The van der Waals surface area contributed by atoms with Crippen molar-refractivity contribution in [3.8, 4) is 11.5 Å². The molecule has 3 aromatic rings. The molecule has 1 N–H and O–H groups in total. The predicted octanol–water partition coefficient (Wildman–Crippen LogP) is 4.52. The average molecular weight is 459 g/mol. The number of rotatable bonds is 6. The molecular formula is C27H26N2O5. The van der Waals surface area contributed by atoms with E-state index in [1.807, 2.05) is 32.0 Å². The number of nitrogens with zero attached hydrogens (tertiary/aromatic N) is 1. The summed E-state index contributed by atoms with van der Waals surface area (Å²) in [6.07, 6.45) is 0.0953. The SMILES string of the molecule is COc1cccc(C(=O)Nc2cccc(OC(=O)[C@@H]3CC(=O)N(c4cc(C)cc(C)c4)C3)c2)c1. The van der Waals surface area contributed by atoms with Crippen LogP contribution in [0.5, 0.6) is 11.5 Å². The highest BCUT2D eigenvalue weighted by atomic mass is 16.5. The number of esters is 1. The summed E-state index contributed by atoms with van der Waals surface area (Å²) in [6.45, 7) is 4.22. The molecule has 1 aliphatic rings. The largest absolute Gasteiger partial charge is 0.497 e. The van der Waals surface area contributed by atoms with Crippen LogP contribution in [-0.2, 0) is 9.59 Å². The van der Waals surface area contributed by atoms with Gasteiger partial charge in [-0.15, -0.1) is 0 Å². The van der Waals surface area contributed by atoms with Crippen LogP contribution in [0.2, 0.25) is 0 Å². The van der Waals surface area contributed by atoms with Gasteiger partial charge in [0, 0.05) is 36.0 Å². The fourth-order valence-corrected chi connectivity index (χ4v) is 4.03. The molecule has 1 saturated heterocycles. The molecular weight excluding hydrogens is 432 g/mol. The molecule has 0 radical (unpaired) electrons. The molecule has 1 atom stereocenters. The van der Waals surface area contributed by atoms with Gasteiger partial charge in [0.2, 0.25) is 5.91 Å². The highest BCUT2D eigenvalue weighted by Gasteiger charge is 2.36. The maximum atomic E-state index is 12.8. The second-order valence-corrected chi connectivity index (χ2v) is 8.39. The van der Waals surface area contributed by atoms with E-state index in [-0.39, 0.29) is 24.8 Å². The number of benzene rings is 3. The summed E-state index contributed by atoms with van der Waals surface area (Å²) < 4.78 is 10.7. The van der Waals surface area contributed by atoms with Crippen LogP contribution in [0.4, 0.5) is 11.4 Å². The van der Waals surface area contributed by atoms with Gasteiger partial charge in [0.15, 0.2) is 0 Å². The second-order valence-electron chi connectivity index (χ2n) is 8.39. The highest BCUT2D eigenvalue weighted by molar-refractivity contribution is 6.04. The van der Waals surface area contributed by atoms with Crippen molar-refractivity contribution in [2.45, 2.75) is 20.3 Å². The van der Waals surface area contributed by atoms with Gasteiger partial charge < -0.3 is 19.7 Å². The molecule has 0 saturated carbocycles. The van der Waals surface area contributed by atoms with Gasteiger partial charge in [0.25, 0.3) is 5.91 Å². The van der Waals surface area contributed by atoms with Crippen molar-refractivity contribution in [1.82, 2.24) is 0 Å². The lowest BCUT2D eigenvalue weighted by Gasteiger charge is -2.18. The first-order chi connectivity index (χ1) is 16.3. The minimum atomic E-state index is -0.566. The Morgan fingerprint density at radius 1 is 0.941 bits per heavy atom. The van der Waals surface area contributed by atoms with Crippen molar-refractivity contribution in [3.63, 3.8) is 0 Å². The zero-order valence-electron chi connectivity index (χ0n) is 19.3. The maximum absolute atomic E-state index is 12.8. The Morgan fingerprint density at radius 2 is 1.65 bits per heavy atom. The van der Waals surface area contributed by atoms with Crippen molar-refractivity contribution >= 4 is 29.2 Å². The third-order valence-electron chi connectivity index (χ3n) is 5.62. The molecule has 174 valence electrons. The van der Waals surface area contributed by atoms with Crippen molar-refractivity contribution in [2.75, 3.05) is 23.9 Å². The van der Waals surface area contributed by atoms with Gasteiger partial charge in [-0.2, -0.15) is 0 Å². The first-order valence-corrected chi connectivity index (χ1v) is 11.0. The summed E-state index contributed by atoms with van der Waals surface area (Å²) in [4.78, 5) is 39.6. The number of methoxy groups -OCH3 is 1. The predicted molar refractivity (Wildman–Crippen MR) is 129 cm³/mol. The minimum Gasteiger partial charge on any atom is -0.497 e. The maximum Gasteiger partial charge on any atom is 0.316 e. The van der Waals surface area contributed by atoms with E-state index in [9.17, 15) is 14.4 Å². The third kappa shape index (κ3) is 5.26. The zero-order chi connectivity index (χ0) is 24.2. The first kappa shape index (κ1) is 23.0. The summed E-state index contributed by atoms with van der Waals surface area (Å²) in [5.41, 5.74) is 3.83. The Bertz CT molecular complexity index is 1230. The van der Waals surface area contributed by atoms with Crippen molar-refractivity contribution < 1.29 is 23.9 Å². The molecule has 1 fully saturated rings. The second kappa shape index (κ2) is 9.79. The fourth-order valence-electron chi connectivity index (χ4n) is 4.03. The zero-order valence-corrected chi connectivity index (χ0v) is 19.3. The summed E-state index contributed by atoms with van der Waals surface area (Å²) in [5, 5.41) is 2.79. The summed E-state index contributed by atoms with van der Waals surface area (Å²) >= 11 is 0. The Morgan fingerprint density at radius 3 is 2.38 bits per heavy atom. The molecule has 2 amide bonds. The first-order valence-electron chi connectivity index (χ1n) is 11.0. The molecule has 7 heteroatoms. The standard InChI is InChI=1S/C27H26N2O5/c1-17-10-18(2)12-22(11-17)29-16-20(14-25(29)30)27(32)34-24-9-5-7-21(15-24)28-26(31)19-6-4-8-23(13-19)33-3/h4-13,15,20H,14,16H2,1-3H3,(H,28,31)/t20-/m1/s1. The number of carbonyl (C=O) groups excluding carboxylic acids is 3. The molecule has 0 aliphatic carbocycles. The van der Waals surface area contributed by atoms with E-state index >= 15 is 0 Å². The number of aryl methyl sites for hydroxylation is 2. The van der Waals surface area contributed by atoms with E-state index in [1.165, 1.54) is 7.11 Å². The van der Waals surface area contributed by atoms with Gasteiger partial charge in [0.05, 0.1) is 13.0 Å². The number of anilines is 2. The van der Waals surface area contributed by atoms with Gasteiger partial charge in [-0.25, -0.2) is 0 Å². The highest BCUT2D eigenvalue weighted by Crippen LogP contribution is 2.28. The molecule has 7 nitrogen and oxygen atoms in total. The lowest BCUT2D eigenvalue weighted by molar-refractivity contribution is -0.139. The number of hydrogen-bond donors (Lipinski definition) is 1. The van der Waals surface area contributed by atoms with Crippen LogP contribution < -0.4 is 19.7 Å². The fraction of sp³-hybridized carbons (Fsp3) is 0.222. The van der Waals surface area contributed by atoms with E-state index in [2.05, 4.69) is 5.32 Å². The molecule has 1 heterocycles. The average Bonchev–Trinajstić information content (AvgIpc) is 3.20. The van der Waals surface area contributed by atoms with E-state index in [0.29, 0.717) is 22.7 Å². The molecule has 3 aromatic carbocycles. The number of amides is 2. The molecule has 0 spiro atoms. The summed E-state index contributed by atoms with van der Waals surface area (Å²) in [7, 11) is 1.54. The number of hydrogen-bond acceptors (Lipinski definition) is 5. The Kier molecular flexibility index (Phi) is 6.63. The van der Waals surface area contributed by atoms with Gasteiger partial charge in [0.1, 0.15) is 11.5 Å². The molecule has 0 aromatic heterocycles. The van der Waals surface area contributed by atoms with E-state index in [1.54, 1.807) is 53.4 Å². The van der Waals surface area contributed by atoms with Crippen molar-refractivity contribution in [1.29, 1.82) is 0 Å². The van der Waals surface area contributed by atoms with Crippen LogP contribution in [0.1, 0.15) is 27.9 Å². The van der Waals surface area contributed by atoms with Crippen molar-refractivity contribution in [2.24, 2.45) is 5.92 Å². The molecule has 1 aliphatic heterocycles. The molecule has 4 rings (SSSR count). The van der Waals surface area contributed by atoms with Crippen molar-refractivity contribution in [3.05, 3.63) is 83.4 Å². The van der Waals surface area contributed by atoms with Crippen LogP contribution in [0.25, 0.3) is 0 Å². The van der Waals surface area contributed by atoms with E-state index in [4.69, 9.17) is 9.47 Å². The summed E-state index contributed by atoms with van der Waals surface area (Å²) in [6, 6.07) is 19.3. The van der Waals surface area contributed by atoms with Gasteiger partial charge >= 0.3 is 5.97 Å². The number of ether oxygens (including phenoxy) is 2. The lowest BCUT2D eigenvalue weighted by atomic mass is 10.1. The van der Waals surface area contributed by atoms with Crippen LogP contribution in [-0.4, -0.2) is 31.4 Å². The van der Waals surface area contributed by atoms with E-state index in [0.717, 1.165) is 16.8 Å². The van der Waals surface area contributed by atoms with Crippen LogP contribution >= 0.6 is 0 Å². The molecule has 34 heavy (non-hydrogen) atoms. The normalized spacial score (nSPS) is 15.2. The van der Waals surface area contributed by atoms with Gasteiger partial charge in [-0.1, -0.05) is 18.2 Å². The van der Waals surface area contributed by atoms with Crippen LogP contribution in [0.3, 0.4) is 0 Å². The van der Waals surface area contributed by atoms with Gasteiger partial charge in [-0.05, 0) is 67.4 Å². The smallest absolute Gasteiger partial charge is 0.316 e. The Hall–Kier alpha value is -4.13. The minimum absolute atomic E-state index is 0.0953. The number of carbonyl (C=O) groups is 3. The molecule has 0 bridgehead atoms. The lowest BCUT2D eigenvalue weighted by Crippen LogP contribution is -2.27. The Balaban J connectivity index is 1.41. The quantitative estimate of drug-likeness (QED) is 0.434. The van der Waals surface area contributed by atoms with Crippen LogP contribution in [0, 0.1) is 19.8 Å². The third-order valence-corrected chi connectivity index (χ3v) is 5.62. The van der Waals surface area contributed by atoms with E-state index < -0.39 is 11.9 Å². The topological polar surface area (TPSA) is 84.9 Å². The molecule has 0 unspecified atom stereocenters. The monoisotopic (exact) mass is 458 g/mol.